The van der Waals surface area contributed by atoms with Crippen LogP contribution in [0.25, 0.3) is 22.4 Å². The van der Waals surface area contributed by atoms with Gasteiger partial charge in [-0.25, -0.2) is 9.97 Å². The van der Waals surface area contributed by atoms with E-state index in [1.54, 1.807) is 12.4 Å². The van der Waals surface area contributed by atoms with Gasteiger partial charge in [-0.05, 0) is 47.9 Å². The summed E-state index contributed by atoms with van der Waals surface area (Å²) in [6, 6.07) is 12.2. The monoisotopic (exact) mass is 427 g/mol. The summed E-state index contributed by atoms with van der Waals surface area (Å²) in [5.74, 6) is 2.44. The molecule has 0 spiro atoms. The Kier molecular flexibility index (Phi) is 5.60. The van der Waals surface area contributed by atoms with Crippen LogP contribution in [0.2, 0.25) is 0 Å². The van der Waals surface area contributed by atoms with Gasteiger partial charge in [0.2, 0.25) is 11.9 Å². The second-order valence-corrected chi connectivity index (χ2v) is 9.12. The van der Waals surface area contributed by atoms with Crippen LogP contribution >= 0.6 is 0 Å². The van der Waals surface area contributed by atoms with Gasteiger partial charge in [0.1, 0.15) is 0 Å². The van der Waals surface area contributed by atoms with Gasteiger partial charge >= 0.3 is 0 Å². The Balaban J connectivity index is 1.33. The van der Waals surface area contributed by atoms with Crippen molar-refractivity contribution in [3.8, 4) is 22.4 Å². The molecule has 32 heavy (non-hydrogen) atoms. The van der Waals surface area contributed by atoms with Crippen molar-refractivity contribution in [2.24, 2.45) is 17.8 Å². The fraction of sp³-hybridized carbons (Fsp3) is 0.385. The van der Waals surface area contributed by atoms with E-state index in [9.17, 15) is 4.79 Å². The standard InChI is InChI=1S/C26H29N5O/c1-31(2)26-29-16-22(18-11-13-27-14-12-18)24(30-26)19-9-7-17(8-10-19)15-28-25(32)23-20-5-3-4-6-21(20)23/h7-14,16,20-21,23H,3-6,15H2,1-2H3,(H,28,32)/t20-,21+,23?. The third-order valence-corrected chi connectivity index (χ3v) is 6.82. The summed E-state index contributed by atoms with van der Waals surface area (Å²) in [4.78, 5) is 27.9. The molecule has 0 saturated heterocycles. The molecule has 2 aliphatic carbocycles. The molecule has 3 atom stereocenters. The Morgan fingerprint density at radius 3 is 2.34 bits per heavy atom. The summed E-state index contributed by atoms with van der Waals surface area (Å²) in [5.41, 5.74) is 4.99. The van der Waals surface area contributed by atoms with Crippen LogP contribution in [0.3, 0.4) is 0 Å². The molecule has 0 aliphatic heterocycles. The molecular formula is C26H29N5O. The molecule has 0 radical (unpaired) electrons. The fourth-order valence-corrected chi connectivity index (χ4v) is 5.02. The number of benzene rings is 1. The van der Waals surface area contributed by atoms with Crippen molar-refractivity contribution in [1.82, 2.24) is 20.3 Å². The molecule has 1 amide bonds. The van der Waals surface area contributed by atoms with Gasteiger partial charge in [-0.3, -0.25) is 9.78 Å². The van der Waals surface area contributed by atoms with Gasteiger partial charge in [-0.15, -0.1) is 0 Å². The summed E-state index contributed by atoms with van der Waals surface area (Å²) in [7, 11) is 3.88. The van der Waals surface area contributed by atoms with Crippen molar-refractivity contribution in [2.45, 2.75) is 32.2 Å². The molecule has 2 aliphatic rings. The van der Waals surface area contributed by atoms with E-state index in [1.165, 1.54) is 25.7 Å². The average molecular weight is 428 g/mol. The van der Waals surface area contributed by atoms with E-state index in [2.05, 4.69) is 39.6 Å². The minimum atomic E-state index is 0.234. The molecule has 2 fully saturated rings. The average Bonchev–Trinajstić information content (AvgIpc) is 3.58. The second kappa shape index (κ2) is 8.69. The molecule has 6 nitrogen and oxygen atoms in total. The zero-order chi connectivity index (χ0) is 22.1. The first-order chi connectivity index (χ1) is 15.6. The quantitative estimate of drug-likeness (QED) is 0.634. The van der Waals surface area contributed by atoms with Gasteiger partial charge in [0.15, 0.2) is 0 Å². The second-order valence-electron chi connectivity index (χ2n) is 9.12. The van der Waals surface area contributed by atoms with Crippen LogP contribution in [0.1, 0.15) is 31.2 Å². The van der Waals surface area contributed by atoms with Crippen molar-refractivity contribution < 1.29 is 4.79 Å². The van der Waals surface area contributed by atoms with Crippen molar-refractivity contribution in [3.63, 3.8) is 0 Å². The van der Waals surface area contributed by atoms with Crippen LogP contribution in [0.5, 0.6) is 0 Å². The number of nitrogens with zero attached hydrogens (tertiary/aromatic N) is 4. The largest absolute Gasteiger partial charge is 0.352 e. The van der Waals surface area contributed by atoms with E-state index in [4.69, 9.17) is 4.98 Å². The zero-order valence-electron chi connectivity index (χ0n) is 18.7. The maximum atomic E-state index is 12.6. The van der Waals surface area contributed by atoms with Crippen LogP contribution in [0, 0.1) is 17.8 Å². The van der Waals surface area contributed by atoms with Crippen molar-refractivity contribution >= 4 is 11.9 Å². The number of aromatic nitrogens is 3. The molecule has 2 heterocycles. The van der Waals surface area contributed by atoms with Crippen molar-refractivity contribution in [2.75, 3.05) is 19.0 Å². The van der Waals surface area contributed by atoms with E-state index in [-0.39, 0.29) is 11.8 Å². The predicted molar refractivity (Wildman–Crippen MR) is 126 cm³/mol. The van der Waals surface area contributed by atoms with Gasteiger partial charge < -0.3 is 10.2 Å². The molecular weight excluding hydrogens is 398 g/mol. The first-order valence-electron chi connectivity index (χ1n) is 11.4. The Morgan fingerprint density at radius 1 is 1.00 bits per heavy atom. The predicted octanol–water partition coefficient (Wildman–Crippen LogP) is 4.32. The summed E-state index contributed by atoms with van der Waals surface area (Å²) >= 11 is 0. The molecule has 1 aromatic carbocycles. The van der Waals surface area contributed by atoms with E-state index in [0.717, 1.165) is 27.9 Å². The highest BCUT2D eigenvalue weighted by Crippen LogP contribution is 2.55. The number of rotatable bonds is 6. The Hall–Kier alpha value is -3.28. The summed E-state index contributed by atoms with van der Waals surface area (Å²) < 4.78 is 0. The zero-order valence-corrected chi connectivity index (χ0v) is 18.7. The van der Waals surface area contributed by atoms with Crippen molar-refractivity contribution in [1.29, 1.82) is 0 Å². The Bertz CT molecular complexity index is 1080. The number of nitrogens with one attached hydrogen (secondary N) is 1. The summed E-state index contributed by atoms with van der Waals surface area (Å²) in [6.07, 6.45) is 10.5. The summed E-state index contributed by atoms with van der Waals surface area (Å²) in [6.45, 7) is 0.568. The number of pyridine rings is 1. The molecule has 5 rings (SSSR count). The molecule has 2 saturated carbocycles. The molecule has 3 aromatic rings. The van der Waals surface area contributed by atoms with Crippen LogP contribution < -0.4 is 10.2 Å². The third kappa shape index (κ3) is 4.09. The first kappa shape index (κ1) is 20.6. The maximum Gasteiger partial charge on any atom is 0.225 e. The number of hydrogen-bond acceptors (Lipinski definition) is 5. The van der Waals surface area contributed by atoms with Crippen LogP contribution in [-0.4, -0.2) is 35.0 Å². The lowest BCUT2D eigenvalue weighted by Gasteiger charge is -2.15. The van der Waals surface area contributed by atoms with Crippen molar-refractivity contribution in [3.05, 3.63) is 60.6 Å². The highest BCUT2D eigenvalue weighted by molar-refractivity contribution is 5.82. The van der Waals surface area contributed by atoms with E-state index >= 15 is 0 Å². The van der Waals surface area contributed by atoms with E-state index < -0.39 is 0 Å². The number of hydrogen-bond donors (Lipinski definition) is 1. The SMILES string of the molecule is CN(C)c1ncc(-c2ccncc2)c(-c2ccc(CNC(=O)C3[C@H]4CCCC[C@@H]34)cc2)n1. The number of carbonyl (C=O) groups excluding carboxylic acids is 1. The lowest BCUT2D eigenvalue weighted by Crippen LogP contribution is -2.25. The van der Waals surface area contributed by atoms with E-state index in [1.807, 2.05) is 37.3 Å². The number of carbonyl (C=O) groups is 1. The van der Waals surface area contributed by atoms with Gasteiger partial charge in [0, 0.05) is 56.3 Å². The van der Waals surface area contributed by atoms with Gasteiger partial charge in [0.25, 0.3) is 0 Å². The first-order valence-corrected chi connectivity index (χ1v) is 11.4. The molecule has 2 aromatic heterocycles. The molecule has 1 N–H and O–H groups in total. The number of amides is 1. The summed E-state index contributed by atoms with van der Waals surface area (Å²) in [5, 5.41) is 3.16. The number of anilines is 1. The topological polar surface area (TPSA) is 71.0 Å². The highest BCUT2D eigenvalue weighted by Gasteiger charge is 2.54. The highest BCUT2D eigenvalue weighted by atomic mass is 16.2. The molecule has 164 valence electrons. The molecule has 1 unspecified atom stereocenters. The minimum Gasteiger partial charge on any atom is -0.352 e. The van der Waals surface area contributed by atoms with E-state index in [0.29, 0.717) is 24.3 Å². The molecule has 6 heteroatoms. The normalized spacial score (nSPS) is 21.5. The van der Waals surface area contributed by atoms with Gasteiger partial charge in [-0.1, -0.05) is 37.1 Å². The lowest BCUT2D eigenvalue weighted by atomic mass is 10.0. The van der Waals surface area contributed by atoms with Crippen LogP contribution in [0.4, 0.5) is 5.95 Å². The smallest absolute Gasteiger partial charge is 0.225 e. The fourth-order valence-electron chi connectivity index (χ4n) is 5.02. The number of fused-ring (bicyclic) bond motifs is 1. The minimum absolute atomic E-state index is 0.234. The third-order valence-electron chi connectivity index (χ3n) is 6.82. The van der Waals surface area contributed by atoms with Crippen LogP contribution in [-0.2, 0) is 11.3 Å². The lowest BCUT2D eigenvalue weighted by molar-refractivity contribution is -0.123. The maximum absolute atomic E-state index is 12.6. The van der Waals surface area contributed by atoms with Crippen LogP contribution in [0.15, 0.2) is 55.0 Å². The molecule has 0 bridgehead atoms. The van der Waals surface area contributed by atoms with Gasteiger partial charge in [-0.2, -0.15) is 0 Å². The Labute approximate surface area is 189 Å². The Morgan fingerprint density at radius 2 is 1.69 bits per heavy atom. The van der Waals surface area contributed by atoms with Gasteiger partial charge in [0.05, 0.1) is 5.69 Å².